The van der Waals surface area contributed by atoms with Gasteiger partial charge in [-0.15, -0.1) is 11.6 Å². The number of unbranched alkanes of at least 4 members (excludes halogenated alkanes) is 5. The first-order valence-electron chi connectivity index (χ1n) is 7.23. The molecule has 0 aromatic rings. The van der Waals surface area contributed by atoms with Gasteiger partial charge < -0.3 is 0 Å². The molecular weight excluding hydrogens is 216 g/mol. The van der Waals surface area contributed by atoms with Crippen LogP contribution in [0.25, 0.3) is 0 Å². The van der Waals surface area contributed by atoms with Crippen LogP contribution in [0.2, 0.25) is 0 Å². The fraction of sp³-hybridized carbons (Fsp3) is 1.00. The number of hydrogen-bond acceptors (Lipinski definition) is 0. The largest absolute Gasteiger partial charge is 0.119 e. The molecule has 0 saturated heterocycles. The fourth-order valence-corrected chi connectivity index (χ4v) is 2.57. The summed E-state index contributed by atoms with van der Waals surface area (Å²) in [5, 5.41) is 0. The maximum absolute atomic E-state index is 6.55. The summed E-state index contributed by atoms with van der Waals surface area (Å²) in [6.45, 7) is 9.01. The Labute approximate surface area is 108 Å². The molecule has 0 aliphatic carbocycles. The van der Waals surface area contributed by atoms with Crippen LogP contribution in [0.1, 0.15) is 85.5 Å². The van der Waals surface area contributed by atoms with Crippen LogP contribution in [0.5, 0.6) is 0 Å². The zero-order valence-corrected chi connectivity index (χ0v) is 12.6. The van der Waals surface area contributed by atoms with Crippen molar-refractivity contribution in [2.24, 2.45) is 5.92 Å². The van der Waals surface area contributed by atoms with Crippen LogP contribution < -0.4 is 0 Å². The smallest absolute Gasteiger partial charge is 0.0444 e. The lowest BCUT2D eigenvalue weighted by atomic mass is 9.86. The standard InChI is InChI=1S/C15H31Cl/c1-5-7-8-9-10-11-12-14(3)15(4,16)13-6-2/h14H,5-13H2,1-4H3. The van der Waals surface area contributed by atoms with E-state index < -0.39 is 0 Å². The summed E-state index contributed by atoms with van der Waals surface area (Å²) in [6, 6.07) is 0. The number of rotatable bonds is 10. The lowest BCUT2D eigenvalue weighted by Crippen LogP contribution is -2.25. The van der Waals surface area contributed by atoms with Gasteiger partial charge in [-0.3, -0.25) is 0 Å². The minimum atomic E-state index is 0.0260. The first-order chi connectivity index (χ1) is 7.54. The van der Waals surface area contributed by atoms with Gasteiger partial charge in [-0.05, 0) is 25.7 Å². The number of halogens is 1. The van der Waals surface area contributed by atoms with Crippen LogP contribution in [-0.4, -0.2) is 4.87 Å². The molecule has 0 aromatic heterocycles. The summed E-state index contributed by atoms with van der Waals surface area (Å²) in [5.41, 5.74) is 0. The maximum atomic E-state index is 6.55. The first kappa shape index (κ1) is 16.3. The van der Waals surface area contributed by atoms with Crippen LogP contribution in [0.15, 0.2) is 0 Å². The Kier molecular flexibility index (Phi) is 9.50. The maximum Gasteiger partial charge on any atom is 0.0444 e. The third-order valence-corrected chi connectivity index (χ3v) is 4.32. The average molecular weight is 247 g/mol. The SMILES string of the molecule is CCCCCCCCC(C)C(C)(Cl)CCC. The highest BCUT2D eigenvalue weighted by Gasteiger charge is 2.26. The van der Waals surface area contributed by atoms with E-state index in [0.717, 1.165) is 6.42 Å². The molecule has 0 aliphatic heterocycles. The van der Waals surface area contributed by atoms with Crippen molar-refractivity contribution in [3.63, 3.8) is 0 Å². The van der Waals surface area contributed by atoms with Gasteiger partial charge in [0.1, 0.15) is 0 Å². The molecule has 0 rings (SSSR count). The van der Waals surface area contributed by atoms with Crippen molar-refractivity contribution < 1.29 is 0 Å². The molecule has 0 nitrogen and oxygen atoms in total. The van der Waals surface area contributed by atoms with Crippen LogP contribution in [0, 0.1) is 5.92 Å². The Balaban J connectivity index is 3.52. The van der Waals surface area contributed by atoms with Gasteiger partial charge in [0.15, 0.2) is 0 Å². The molecule has 0 N–H and O–H groups in total. The summed E-state index contributed by atoms with van der Waals surface area (Å²) >= 11 is 6.55. The van der Waals surface area contributed by atoms with Gasteiger partial charge in [-0.2, -0.15) is 0 Å². The lowest BCUT2D eigenvalue weighted by molar-refractivity contribution is 0.359. The molecule has 0 spiro atoms. The number of hydrogen-bond donors (Lipinski definition) is 0. The van der Waals surface area contributed by atoms with Crippen molar-refractivity contribution in [2.45, 2.75) is 90.4 Å². The van der Waals surface area contributed by atoms with Crippen molar-refractivity contribution in [1.82, 2.24) is 0 Å². The highest BCUT2D eigenvalue weighted by Crippen LogP contribution is 2.33. The van der Waals surface area contributed by atoms with E-state index in [1.54, 1.807) is 0 Å². The predicted molar refractivity (Wildman–Crippen MR) is 76.3 cm³/mol. The van der Waals surface area contributed by atoms with Gasteiger partial charge in [-0.1, -0.05) is 65.7 Å². The van der Waals surface area contributed by atoms with Gasteiger partial charge in [0, 0.05) is 4.87 Å². The van der Waals surface area contributed by atoms with Gasteiger partial charge in [-0.25, -0.2) is 0 Å². The van der Waals surface area contributed by atoms with Crippen LogP contribution >= 0.6 is 11.6 Å². The highest BCUT2D eigenvalue weighted by molar-refractivity contribution is 6.23. The van der Waals surface area contributed by atoms with E-state index in [1.807, 2.05) is 0 Å². The molecule has 0 aliphatic rings. The summed E-state index contributed by atoms with van der Waals surface area (Å²) in [6.07, 6.45) is 12.0. The summed E-state index contributed by atoms with van der Waals surface area (Å²) in [4.78, 5) is 0.0260. The second kappa shape index (κ2) is 9.33. The van der Waals surface area contributed by atoms with E-state index in [1.165, 1.54) is 51.4 Å². The van der Waals surface area contributed by atoms with Gasteiger partial charge in [0.05, 0.1) is 0 Å². The van der Waals surface area contributed by atoms with E-state index >= 15 is 0 Å². The summed E-state index contributed by atoms with van der Waals surface area (Å²) in [7, 11) is 0. The van der Waals surface area contributed by atoms with Crippen molar-refractivity contribution >= 4 is 11.6 Å². The first-order valence-corrected chi connectivity index (χ1v) is 7.61. The molecule has 0 radical (unpaired) electrons. The van der Waals surface area contributed by atoms with Crippen molar-refractivity contribution in [3.05, 3.63) is 0 Å². The monoisotopic (exact) mass is 246 g/mol. The molecule has 0 fully saturated rings. The fourth-order valence-electron chi connectivity index (χ4n) is 2.27. The van der Waals surface area contributed by atoms with E-state index in [-0.39, 0.29) is 4.87 Å². The molecule has 0 saturated carbocycles. The minimum absolute atomic E-state index is 0.0260. The molecule has 0 heterocycles. The van der Waals surface area contributed by atoms with Crippen molar-refractivity contribution in [2.75, 3.05) is 0 Å². The van der Waals surface area contributed by atoms with Crippen molar-refractivity contribution in [1.29, 1.82) is 0 Å². The van der Waals surface area contributed by atoms with E-state index in [2.05, 4.69) is 27.7 Å². The second-order valence-electron chi connectivity index (χ2n) is 5.49. The zero-order chi connectivity index (χ0) is 12.4. The van der Waals surface area contributed by atoms with Gasteiger partial charge in [0.25, 0.3) is 0 Å². The normalized spacial score (nSPS) is 17.1. The second-order valence-corrected chi connectivity index (χ2v) is 6.35. The van der Waals surface area contributed by atoms with E-state index in [4.69, 9.17) is 11.6 Å². The molecule has 2 atom stereocenters. The van der Waals surface area contributed by atoms with Crippen LogP contribution in [0.3, 0.4) is 0 Å². The summed E-state index contributed by atoms with van der Waals surface area (Å²) < 4.78 is 0. The molecular formula is C15H31Cl. The van der Waals surface area contributed by atoms with E-state index in [0.29, 0.717) is 5.92 Å². The molecule has 0 amide bonds. The van der Waals surface area contributed by atoms with Crippen molar-refractivity contribution in [3.8, 4) is 0 Å². The third-order valence-electron chi connectivity index (χ3n) is 3.76. The van der Waals surface area contributed by atoms with E-state index in [9.17, 15) is 0 Å². The highest BCUT2D eigenvalue weighted by atomic mass is 35.5. The Morgan fingerprint density at radius 2 is 1.50 bits per heavy atom. The molecule has 1 heteroatoms. The minimum Gasteiger partial charge on any atom is -0.119 e. The molecule has 16 heavy (non-hydrogen) atoms. The lowest BCUT2D eigenvalue weighted by Gasteiger charge is -2.29. The zero-order valence-electron chi connectivity index (χ0n) is 11.8. The molecule has 2 unspecified atom stereocenters. The number of alkyl halides is 1. The Morgan fingerprint density at radius 3 is 2.06 bits per heavy atom. The Hall–Kier alpha value is 0.290. The average Bonchev–Trinajstić information content (AvgIpc) is 2.22. The molecule has 0 aromatic carbocycles. The summed E-state index contributed by atoms with van der Waals surface area (Å²) in [5.74, 6) is 0.653. The molecule has 0 bridgehead atoms. The third kappa shape index (κ3) is 7.54. The van der Waals surface area contributed by atoms with Gasteiger partial charge >= 0.3 is 0 Å². The Morgan fingerprint density at radius 1 is 0.938 bits per heavy atom. The predicted octanol–water partition coefficient (Wildman–Crippen LogP) is 6.17. The van der Waals surface area contributed by atoms with Crippen LogP contribution in [0.4, 0.5) is 0 Å². The quantitative estimate of drug-likeness (QED) is 0.319. The van der Waals surface area contributed by atoms with Crippen LogP contribution in [-0.2, 0) is 0 Å². The van der Waals surface area contributed by atoms with Gasteiger partial charge in [0.2, 0.25) is 0 Å². The Bertz CT molecular complexity index is 152. The topological polar surface area (TPSA) is 0 Å². The molecule has 98 valence electrons.